The average molecular weight is 369 g/mol. The van der Waals surface area contributed by atoms with E-state index in [9.17, 15) is 0 Å². The third-order valence-corrected chi connectivity index (χ3v) is 5.29. The monoisotopic (exact) mass is 368 g/mol. The molecule has 0 aliphatic heterocycles. The summed E-state index contributed by atoms with van der Waals surface area (Å²) >= 11 is 1.69. The van der Waals surface area contributed by atoms with E-state index in [0.717, 1.165) is 38.2 Å². The molecule has 0 unspecified atom stereocenters. The van der Waals surface area contributed by atoms with Crippen molar-refractivity contribution >= 4 is 22.9 Å². The molecule has 3 nitrogen and oxygen atoms in total. The minimum atomic E-state index is 0.812. The van der Waals surface area contributed by atoms with Gasteiger partial charge in [-0.05, 0) is 67.1 Å². The maximum atomic E-state index is 5.75. The lowest BCUT2D eigenvalue weighted by atomic mass is 10.1. The van der Waals surface area contributed by atoms with Gasteiger partial charge in [0.25, 0.3) is 0 Å². The molecule has 26 heavy (non-hydrogen) atoms. The normalized spacial score (nSPS) is 11.1. The van der Waals surface area contributed by atoms with Crippen molar-refractivity contribution in [2.45, 2.75) is 43.9 Å². The molecule has 0 radical (unpaired) electrons. The highest BCUT2D eigenvalue weighted by Crippen LogP contribution is 2.21. The molecule has 0 atom stereocenters. The minimum absolute atomic E-state index is 0.812. The second kappa shape index (κ2) is 10.3. The van der Waals surface area contributed by atoms with Gasteiger partial charge in [-0.2, -0.15) is 0 Å². The fourth-order valence-electron chi connectivity index (χ4n) is 2.97. The Kier molecular flexibility index (Phi) is 7.47. The summed E-state index contributed by atoms with van der Waals surface area (Å²) in [6.07, 6.45) is 7.93. The first kappa shape index (κ1) is 18.9. The van der Waals surface area contributed by atoms with Crippen molar-refractivity contribution in [3.8, 4) is 5.75 Å². The molecule has 1 heterocycles. The summed E-state index contributed by atoms with van der Waals surface area (Å²) in [5.74, 6) is 0.963. The molecule has 0 spiro atoms. The Balaban J connectivity index is 1.34. The number of benzene rings is 2. The Morgan fingerprint density at radius 1 is 1.00 bits per heavy atom. The summed E-state index contributed by atoms with van der Waals surface area (Å²) in [5.41, 5.74) is 2.62. The van der Waals surface area contributed by atoms with Crippen LogP contribution < -0.4 is 9.46 Å². The minimum Gasteiger partial charge on any atom is -0.494 e. The van der Waals surface area contributed by atoms with Gasteiger partial charge in [-0.15, -0.1) is 0 Å². The van der Waals surface area contributed by atoms with Crippen LogP contribution in [0.25, 0.3) is 10.9 Å². The summed E-state index contributed by atoms with van der Waals surface area (Å²) < 4.78 is 9.21. The zero-order valence-corrected chi connectivity index (χ0v) is 16.3. The maximum absolute atomic E-state index is 5.75. The number of aromatic amines is 1. The van der Waals surface area contributed by atoms with E-state index >= 15 is 0 Å². The van der Waals surface area contributed by atoms with Crippen LogP contribution in [-0.4, -0.2) is 18.1 Å². The molecule has 1 aromatic heterocycles. The van der Waals surface area contributed by atoms with Crippen LogP contribution in [0.1, 0.15) is 38.2 Å². The second-order valence-corrected chi connectivity index (χ2v) is 7.45. The van der Waals surface area contributed by atoms with E-state index in [4.69, 9.17) is 4.74 Å². The van der Waals surface area contributed by atoms with E-state index in [1.807, 2.05) is 0 Å². The molecule has 0 saturated carbocycles. The van der Waals surface area contributed by atoms with Crippen LogP contribution in [0.15, 0.2) is 59.6 Å². The first-order valence-corrected chi connectivity index (χ1v) is 10.4. The molecule has 4 heteroatoms. The number of hydrogen-bond donors (Lipinski definition) is 2. The molecule has 2 N–H and O–H groups in total. The molecule has 0 aliphatic carbocycles. The molecule has 138 valence electrons. The van der Waals surface area contributed by atoms with E-state index in [1.165, 1.54) is 34.2 Å². The smallest absolute Gasteiger partial charge is 0.119 e. The molecule has 2 aromatic carbocycles. The van der Waals surface area contributed by atoms with Crippen molar-refractivity contribution in [3.05, 3.63) is 60.3 Å². The standard InChI is InChI=1S/C22H28N2OS/c1-2-3-6-16-25-19-11-13-20(14-12-19)26-24-15-7-8-18-17-23-22-10-5-4-9-21(18)22/h4-5,9-14,17,23-24H,2-3,6-8,15-16H2,1H3. The van der Waals surface area contributed by atoms with Gasteiger partial charge < -0.3 is 9.72 Å². The number of unbranched alkanes of at least 4 members (excludes halogenated alkanes) is 2. The van der Waals surface area contributed by atoms with E-state index in [0.29, 0.717) is 0 Å². The third-order valence-electron chi connectivity index (χ3n) is 4.43. The highest BCUT2D eigenvalue weighted by molar-refractivity contribution is 7.97. The largest absolute Gasteiger partial charge is 0.494 e. The van der Waals surface area contributed by atoms with Gasteiger partial charge in [-0.1, -0.05) is 38.0 Å². The van der Waals surface area contributed by atoms with Gasteiger partial charge in [0.05, 0.1) is 6.61 Å². The topological polar surface area (TPSA) is 37.0 Å². The van der Waals surface area contributed by atoms with Gasteiger partial charge in [-0.25, -0.2) is 0 Å². The Bertz CT molecular complexity index is 782. The van der Waals surface area contributed by atoms with Crippen molar-refractivity contribution in [2.75, 3.05) is 13.2 Å². The van der Waals surface area contributed by atoms with Crippen LogP contribution in [0.3, 0.4) is 0 Å². The van der Waals surface area contributed by atoms with Gasteiger partial charge in [-0.3, -0.25) is 4.72 Å². The van der Waals surface area contributed by atoms with Gasteiger partial charge >= 0.3 is 0 Å². The van der Waals surface area contributed by atoms with E-state index in [-0.39, 0.29) is 0 Å². The van der Waals surface area contributed by atoms with Crippen molar-refractivity contribution in [1.82, 2.24) is 9.71 Å². The molecule has 3 rings (SSSR count). The molecule has 0 amide bonds. The highest BCUT2D eigenvalue weighted by Gasteiger charge is 2.02. The Hall–Kier alpha value is -1.91. The van der Waals surface area contributed by atoms with Crippen LogP contribution >= 0.6 is 11.9 Å². The molecular formula is C22H28N2OS. The predicted octanol–water partition coefficient (Wildman–Crippen LogP) is 5.97. The third kappa shape index (κ3) is 5.55. The fraction of sp³-hybridized carbons (Fsp3) is 0.364. The number of ether oxygens (including phenoxy) is 1. The number of H-pyrrole nitrogens is 1. The number of para-hydroxylation sites is 1. The Morgan fingerprint density at radius 3 is 2.69 bits per heavy atom. The van der Waals surface area contributed by atoms with Gasteiger partial charge in [0.1, 0.15) is 5.75 Å². The molecule has 0 saturated heterocycles. The first-order chi connectivity index (χ1) is 12.9. The molecule has 0 aliphatic rings. The molecular weight excluding hydrogens is 340 g/mol. The van der Waals surface area contributed by atoms with Crippen molar-refractivity contribution < 1.29 is 4.74 Å². The number of nitrogens with one attached hydrogen (secondary N) is 2. The van der Waals surface area contributed by atoms with Gasteiger partial charge in [0.15, 0.2) is 0 Å². The number of rotatable bonds is 11. The Morgan fingerprint density at radius 2 is 1.85 bits per heavy atom. The van der Waals surface area contributed by atoms with E-state index in [1.54, 1.807) is 11.9 Å². The van der Waals surface area contributed by atoms with E-state index < -0.39 is 0 Å². The SMILES string of the molecule is CCCCCOc1ccc(SNCCCc2c[nH]c3ccccc23)cc1. The number of hydrogen-bond acceptors (Lipinski definition) is 3. The zero-order chi connectivity index (χ0) is 18.0. The van der Waals surface area contributed by atoms with Crippen LogP contribution in [0, 0.1) is 0 Å². The predicted molar refractivity (Wildman–Crippen MR) is 112 cm³/mol. The number of fused-ring (bicyclic) bond motifs is 1. The van der Waals surface area contributed by atoms with Crippen LogP contribution in [0.4, 0.5) is 0 Å². The molecule has 3 aromatic rings. The van der Waals surface area contributed by atoms with Crippen LogP contribution in [0.5, 0.6) is 5.75 Å². The number of aryl methyl sites for hydroxylation is 1. The maximum Gasteiger partial charge on any atom is 0.119 e. The quantitative estimate of drug-likeness (QED) is 0.323. The van der Waals surface area contributed by atoms with Crippen molar-refractivity contribution in [2.24, 2.45) is 0 Å². The lowest BCUT2D eigenvalue weighted by Crippen LogP contribution is -2.06. The summed E-state index contributed by atoms with van der Waals surface area (Å²) in [4.78, 5) is 4.56. The van der Waals surface area contributed by atoms with Crippen LogP contribution in [-0.2, 0) is 6.42 Å². The lowest BCUT2D eigenvalue weighted by molar-refractivity contribution is 0.306. The van der Waals surface area contributed by atoms with Crippen molar-refractivity contribution in [1.29, 1.82) is 0 Å². The summed E-state index contributed by atoms with van der Waals surface area (Å²) in [6.45, 7) is 4.01. The lowest BCUT2D eigenvalue weighted by Gasteiger charge is -2.07. The molecule has 0 fully saturated rings. The highest BCUT2D eigenvalue weighted by atomic mass is 32.2. The summed E-state index contributed by atoms with van der Waals surface area (Å²) in [7, 11) is 0. The van der Waals surface area contributed by atoms with Gasteiger partial charge in [0.2, 0.25) is 0 Å². The second-order valence-electron chi connectivity index (χ2n) is 6.49. The summed E-state index contributed by atoms with van der Waals surface area (Å²) in [6, 6.07) is 16.8. The van der Waals surface area contributed by atoms with Crippen LogP contribution in [0.2, 0.25) is 0 Å². The van der Waals surface area contributed by atoms with Gasteiger partial charge in [0, 0.05) is 28.5 Å². The fourth-order valence-corrected chi connectivity index (χ4v) is 3.66. The first-order valence-electron chi connectivity index (χ1n) is 9.54. The molecule has 0 bridgehead atoms. The number of aromatic nitrogens is 1. The van der Waals surface area contributed by atoms with Crippen molar-refractivity contribution in [3.63, 3.8) is 0 Å². The van der Waals surface area contributed by atoms with E-state index in [2.05, 4.69) is 71.4 Å². The zero-order valence-electron chi connectivity index (χ0n) is 15.5. The Labute approximate surface area is 160 Å². The summed E-state index contributed by atoms with van der Waals surface area (Å²) in [5, 5.41) is 1.34. The average Bonchev–Trinajstić information content (AvgIpc) is 3.09.